The number of aliphatic imine (C=N–C) groups is 1. The van der Waals surface area contributed by atoms with E-state index >= 15 is 0 Å². The maximum absolute atomic E-state index is 12.0. The van der Waals surface area contributed by atoms with Gasteiger partial charge in [0.2, 0.25) is 5.91 Å². The quantitative estimate of drug-likeness (QED) is 0.630. The Bertz CT molecular complexity index is 643. The number of nitrogens with one attached hydrogen (secondary N) is 1. The summed E-state index contributed by atoms with van der Waals surface area (Å²) in [6, 6.07) is 9.02. The number of likely N-dealkylation sites (tertiary alicyclic amines) is 1. The highest BCUT2D eigenvalue weighted by Gasteiger charge is 2.26. The number of nitrogens with zero attached hydrogens (tertiary/aromatic N) is 3. The van der Waals surface area contributed by atoms with E-state index < -0.39 is 0 Å². The summed E-state index contributed by atoms with van der Waals surface area (Å²) in [6.07, 6.45) is 4.75. The highest BCUT2D eigenvalue weighted by atomic mass is 16.2. The fraction of sp³-hybridized carbons (Fsp3) is 0.619. The number of guanidine groups is 1. The normalized spacial score (nSPS) is 18.8. The van der Waals surface area contributed by atoms with E-state index in [1.54, 1.807) is 0 Å². The van der Waals surface area contributed by atoms with Crippen LogP contribution in [-0.2, 0) is 17.8 Å². The minimum atomic E-state index is 0.320. The maximum Gasteiger partial charge on any atom is 0.222 e. The molecule has 2 heterocycles. The summed E-state index contributed by atoms with van der Waals surface area (Å²) in [5.74, 6) is 1.32. The SMILES string of the molecule is CCNC(=NCCC(CC)N1CCCC1=O)N1CCc2ccccc2C1. The minimum absolute atomic E-state index is 0.320. The van der Waals surface area contributed by atoms with Gasteiger partial charge in [-0.2, -0.15) is 0 Å². The van der Waals surface area contributed by atoms with Crippen molar-refractivity contribution in [2.45, 2.75) is 58.5 Å². The first kappa shape index (κ1) is 18.7. The summed E-state index contributed by atoms with van der Waals surface area (Å²) >= 11 is 0. The second-order valence-electron chi connectivity index (χ2n) is 7.22. The zero-order chi connectivity index (χ0) is 18.4. The fourth-order valence-electron chi connectivity index (χ4n) is 4.06. The van der Waals surface area contributed by atoms with Crippen molar-refractivity contribution in [1.29, 1.82) is 0 Å². The Morgan fingerprint density at radius 1 is 1.19 bits per heavy atom. The largest absolute Gasteiger partial charge is 0.357 e. The number of hydrogen-bond acceptors (Lipinski definition) is 2. The number of carbonyl (C=O) groups excluding carboxylic acids is 1. The molecule has 2 aliphatic rings. The van der Waals surface area contributed by atoms with Crippen molar-refractivity contribution in [2.75, 3.05) is 26.2 Å². The lowest BCUT2D eigenvalue weighted by Crippen LogP contribution is -2.44. The maximum atomic E-state index is 12.0. The van der Waals surface area contributed by atoms with Crippen molar-refractivity contribution >= 4 is 11.9 Å². The van der Waals surface area contributed by atoms with Crippen molar-refractivity contribution < 1.29 is 4.79 Å². The van der Waals surface area contributed by atoms with E-state index in [4.69, 9.17) is 4.99 Å². The van der Waals surface area contributed by atoms with Gasteiger partial charge in [-0.25, -0.2) is 0 Å². The summed E-state index contributed by atoms with van der Waals surface area (Å²) in [4.78, 5) is 21.3. The smallest absolute Gasteiger partial charge is 0.222 e. The first-order valence-electron chi connectivity index (χ1n) is 10.1. The molecule has 142 valence electrons. The Hall–Kier alpha value is -2.04. The van der Waals surface area contributed by atoms with Gasteiger partial charge in [-0.3, -0.25) is 9.79 Å². The van der Waals surface area contributed by atoms with Crippen LogP contribution in [0.2, 0.25) is 0 Å². The van der Waals surface area contributed by atoms with Gasteiger partial charge in [-0.1, -0.05) is 31.2 Å². The van der Waals surface area contributed by atoms with Crippen molar-refractivity contribution in [3.8, 4) is 0 Å². The number of fused-ring (bicyclic) bond motifs is 1. The van der Waals surface area contributed by atoms with Crippen molar-refractivity contribution in [2.24, 2.45) is 4.99 Å². The molecule has 3 rings (SSSR count). The van der Waals surface area contributed by atoms with Crippen LogP contribution < -0.4 is 5.32 Å². The molecule has 0 radical (unpaired) electrons. The summed E-state index contributed by atoms with van der Waals surface area (Å²) in [6.45, 7) is 8.78. The Labute approximate surface area is 157 Å². The summed E-state index contributed by atoms with van der Waals surface area (Å²) < 4.78 is 0. The summed E-state index contributed by atoms with van der Waals surface area (Å²) in [5.41, 5.74) is 2.86. The second kappa shape index (κ2) is 9.06. The number of amides is 1. The van der Waals surface area contributed by atoms with E-state index in [0.29, 0.717) is 11.9 Å². The molecule has 1 aromatic rings. The molecule has 1 saturated heterocycles. The third kappa shape index (κ3) is 4.37. The van der Waals surface area contributed by atoms with Crippen LogP contribution in [0.4, 0.5) is 0 Å². The van der Waals surface area contributed by atoms with Crippen LogP contribution in [0.1, 0.15) is 50.7 Å². The van der Waals surface area contributed by atoms with Crippen LogP contribution in [-0.4, -0.2) is 53.9 Å². The predicted octanol–water partition coefficient (Wildman–Crippen LogP) is 2.80. The van der Waals surface area contributed by atoms with Gasteiger partial charge in [-0.05, 0) is 43.7 Å². The molecule has 26 heavy (non-hydrogen) atoms. The molecule has 1 amide bonds. The zero-order valence-electron chi connectivity index (χ0n) is 16.2. The molecular weight excluding hydrogens is 324 g/mol. The minimum Gasteiger partial charge on any atom is -0.357 e. The van der Waals surface area contributed by atoms with Crippen LogP contribution in [0.25, 0.3) is 0 Å². The van der Waals surface area contributed by atoms with Crippen molar-refractivity contribution in [1.82, 2.24) is 15.1 Å². The molecule has 0 aromatic heterocycles. The Balaban J connectivity index is 1.61. The van der Waals surface area contributed by atoms with Gasteiger partial charge in [0.05, 0.1) is 0 Å². The molecule has 1 aromatic carbocycles. The lowest BCUT2D eigenvalue weighted by molar-refractivity contribution is -0.129. The second-order valence-corrected chi connectivity index (χ2v) is 7.22. The third-order valence-electron chi connectivity index (χ3n) is 5.51. The van der Waals surface area contributed by atoms with Crippen LogP contribution in [0.5, 0.6) is 0 Å². The molecule has 0 bridgehead atoms. The molecule has 1 atom stereocenters. The Kier molecular flexibility index (Phi) is 6.53. The Morgan fingerprint density at radius 3 is 2.69 bits per heavy atom. The van der Waals surface area contributed by atoms with Crippen LogP contribution >= 0.6 is 0 Å². The number of carbonyl (C=O) groups is 1. The van der Waals surface area contributed by atoms with Crippen LogP contribution in [0.15, 0.2) is 29.3 Å². The molecule has 5 nitrogen and oxygen atoms in total. The summed E-state index contributed by atoms with van der Waals surface area (Å²) in [5, 5.41) is 3.45. The molecule has 0 aliphatic carbocycles. The Morgan fingerprint density at radius 2 is 2.00 bits per heavy atom. The zero-order valence-corrected chi connectivity index (χ0v) is 16.2. The third-order valence-corrected chi connectivity index (χ3v) is 5.51. The molecule has 1 unspecified atom stereocenters. The molecule has 1 fully saturated rings. The van der Waals surface area contributed by atoms with Gasteiger partial charge in [0, 0.05) is 45.2 Å². The molecule has 0 spiro atoms. The summed E-state index contributed by atoms with van der Waals surface area (Å²) in [7, 11) is 0. The lowest BCUT2D eigenvalue weighted by atomic mass is 10.0. The fourth-order valence-corrected chi connectivity index (χ4v) is 4.06. The average Bonchev–Trinajstić information content (AvgIpc) is 3.10. The van der Waals surface area contributed by atoms with E-state index in [9.17, 15) is 4.79 Å². The van der Waals surface area contributed by atoms with E-state index in [-0.39, 0.29) is 0 Å². The van der Waals surface area contributed by atoms with Gasteiger partial charge in [0.25, 0.3) is 0 Å². The first-order chi connectivity index (χ1) is 12.7. The highest BCUT2D eigenvalue weighted by Crippen LogP contribution is 2.20. The van der Waals surface area contributed by atoms with E-state index in [2.05, 4.69) is 53.2 Å². The highest BCUT2D eigenvalue weighted by molar-refractivity contribution is 5.80. The molecular formula is C21H32N4O. The van der Waals surface area contributed by atoms with E-state index in [1.165, 1.54) is 11.1 Å². The topological polar surface area (TPSA) is 47.9 Å². The van der Waals surface area contributed by atoms with E-state index in [0.717, 1.165) is 70.8 Å². The first-order valence-corrected chi connectivity index (χ1v) is 10.1. The molecule has 0 saturated carbocycles. The van der Waals surface area contributed by atoms with Gasteiger partial charge < -0.3 is 15.1 Å². The van der Waals surface area contributed by atoms with Gasteiger partial charge >= 0.3 is 0 Å². The number of rotatable bonds is 6. The molecule has 5 heteroatoms. The van der Waals surface area contributed by atoms with Gasteiger partial charge in [-0.15, -0.1) is 0 Å². The monoisotopic (exact) mass is 356 g/mol. The molecule has 2 aliphatic heterocycles. The number of hydrogen-bond donors (Lipinski definition) is 1. The predicted molar refractivity (Wildman–Crippen MR) is 106 cm³/mol. The standard InChI is InChI=1S/C21H32N4O/c1-3-19(25-14-7-10-20(25)26)11-13-23-21(22-4-2)24-15-12-17-8-5-6-9-18(17)16-24/h5-6,8-9,19H,3-4,7,10-16H2,1-2H3,(H,22,23). The van der Waals surface area contributed by atoms with Crippen molar-refractivity contribution in [3.63, 3.8) is 0 Å². The lowest BCUT2D eigenvalue weighted by Gasteiger charge is -2.32. The van der Waals surface area contributed by atoms with Crippen molar-refractivity contribution in [3.05, 3.63) is 35.4 Å². The van der Waals surface area contributed by atoms with Gasteiger partial charge in [0.1, 0.15) is 0 Å². The van der Waals surface area contributed by atoms with Crippen LogP contribution in [0, 0.1) is 0 Å². The van der Waals surface area contributed by atoms with Gasteiger partial charge in [0.15, 0.2) is 5.96 Å². The molecule has 1 N–H and O–H groups in total. The van der Waals surface area contributed by atoms with E-state index in [1.807, 2.05) is 0 Å². The number of benzene rings is 1. The average molecular weight is 357 g/mol. The van der Waals surface area contributed by atoms with Crippen LogP contribution in [0.3, 0.4) is 0 Å².